The molecule has 0 aliphatic heterocycles. The fraction of sp³-hybridized carbons (Fsp3) is 0.111. The average molecular weight is 423 g/mol. The van der Waals surface area contributed by atoms with Crippen LogP contribution in [0.25, 0.3) is 5.69 Å². The molecule has 1 aromatic heterocycles. The van der Waals surface area contributed by atoms with Crippen molar-refractivity contribution in [1.82, 2.24) is 9.78 Å². The molecule has 0 aliphatic carbocycles. The normalized spacial score (nSPS) is 11.9. The second kappa shape index (κ2) is 7.95. The molecule has 0 bridgehead atoms. The molecule has 7 nitrogen and oxygen atoms in total. The van der Waals surface area contributed by atoms with Gasteiger partial charge in [0.25, 0.3) is 11.2 Å². The Morgan fingerprint density at radius 3 is 2.50 bits per heavy atom. The SMILES string of the molecule is CC(Nc1cnn(-c2ccc([N+](=O)[O-])cc2)c(=O)c1Cl)c1ccc(F)cc1Cl. The lowest BCUT2D eigenvalue weighted by atomic mass is 10.1. The number of nitrogens with one attached hydrogen (secondary N) is 1. The van der Waals surface area contributed by atoms with Gasteiger partial charge in [-0.05, 0) is 36.8 Å². The zero-order chi connectivity index (χ0) is 20.4. The van der Waals surface area contributed by atoms with Gasteiger partial charge in [-0.15, -0.1) is 0 Å². The van der Waals surface area contributed by atoms with Crippen LogP contribution in [-0.4, -0.2) is 14.7 Å². The Bertz CT molecular complexity index is 1100. The number of benzene rings is 2. The highest BCUT2D eigenvalue weighted by molar-refractivity contribution is 6.33. The third kappa shape index (κ3) is 3.97. The number of aromatic nitrogens is 2. The largest absolute Gasteiger partial charge is 0.376 e. The highest BCUT2D eigenvalue weighted by Gasteiger charge is 2.16. The first-order valence-electron chi connectivity index (χ1n) is 8.02. The summed E-state index contributed by atoms with van der Waals surface area (Å²) in [7, 11) is 0. The number of anilines is 1. The molecule has 0 fully saturated rings. The number of nitrogens with zero attached hydrogens (tertiary/aromatic N) is 3. The number of hydrogen-bond donors (Lipinski definition) is 1. The molecule has 0 radical (unpaired) electrons. The monoisotopic (exact) mass is 422 g/mol. The Balaban J connectivity index is 1.89. The molecule has 1 heterocycles. The van der Waals surface area contributed by atoms with Gasteiger partial charge in [0.1, 0.15) is 10.8 Å². The van der Waals surface area contributed by atoms with E-state index in [2.05, 4.69) is 10.4 Å². The molecule has 1 unspecified atom stereocenters. The Labute approximate surface area is 168 Å². The maximum absolute atomic E-state index is 13.2. The van der Waals surface area contributed by atoms with E-state index in [1.807, 2.05) is 0 Å². The maximum Gasteiger partial charge on any atom is 0.292 e. The summed E-state index contributed by atoms with van der Waals surface area (Å²) in [6, 6.07) is 8.97. The van der Waals surface area contributed by atoms with Crippen LogP contribution in [0.15, 0.2) is 53.5 Å². The van der Waals surface area contributed by atoms with Gasteiger partial charge in [0, 0.05) is 17.2 Å². The minimum absolute atomic E-state index is 0.105. The van der Waals surface area contributed by atoms with Crippen LogP contribution < -0.4 is 10.9 Å². The molecule has 28 heavy (non-hydrogen) atoms. The van der Waals surface area contributed by atoms with Gasteiger partial charge in [-0.1, -0.05) is 29.3 Å². The molecule has 1 atom stereocenters. The number of hydrogen-bond acceptors (Lipinski definition) is 5. The van der Waals surface area contributed by atoms with Crippen molar-refractivity contribution in [2.45, 2.75) is 13.0 Å². The molecule has 0 amide bonds. The van der Waals surface area contributed by atoms with E-state index in [-0.39, 0.29) is 27.5 Å². The summed E-state index contributed by atoms with van der Waals surface area (Å²) in [6.07, 6.45) is 1.36. The van der Waals surface area contributed by atoms with E-state index in [0.717, 1.165) is 4.68 Å². The minimum atomic E-state index is -0.599. The van der Waals surface area contributed by atoms with E-state index in [9.17, 15) is 19.3 Å². The van der Waals surface area contributed by atoms with Crippen LogP contribution in [0.3, 0.4) is 0 Å². The molecular formula is C18H13Cl2FN4O3. The Kier molecular flexibility index (Phi) is 5.62. The lowest BCUT2D eigenvalue weighted by Crippen LogP contribution is -2.23. The highest BCUT2D eigenvalue weighted by atomic mass is 35.5. The predicted molar refractivity (Wildman–Crippen MR) is 105 cm³/mol. The minimum Gasteiger partial charge on any atom is -0.376 e. The lowest BCUT2D eigenvalue weighted by Gasteiger charge is -2.18. The van der Waals surface area contributed by atoms with Crippen LogP contribution in [0.4, 0.5) is 15.8 Å². The van der Waals surface area contributed by atoms with Crippen LogP contribution in [0, 0.1) is 15.9 Å². The lowest BCUT2D eigenvalue weighted by molar-refractivity contribution is -0.384. The molecular weight excluding hydrogens is 410 g/mol. The average Bonchev–Trinajstić information content (AvgIpc) is 2.65. The van der Waals surface area contributed by atoms with Gasteiger partial charge >= 0.3 is 0 Å². The van der Waals surface area contributed by atoms with Crippen LogP contribution >= 0.6 is 23.2 Å². The van der Waals surface area contributed by atoms with Gasteiger partial charge in [-0.3, -0.25) is 14.9 Å². The number of non-ortho nitro benzene ring substituents is 1. The van der Waals surface area contributed by atoms with Gasteiger partial charge in [0.05, 0.1) is 28.5 Å². The van der Waals surface area contributed by atoms with Crippen LogP contribution in [0.5, 0.6) is 0 Å². The fourth-order valence-electron chi connectivity index (χ4n) is 2.60. The molecule has 2 aromatic carbocycles. The van der Waals surface area contributed by atoms with E-state index >= 15 is 0 Å². The van der Waals surface area contributed by atoms with Crippen LogP contribution in [0.2, 0.25) is 10.0 Å². The first-order chi connectivity index (χ1) is 13.3. The van der Waals surface area contributed by atoms with Gasteiger partial charge in [-0.2, -0.15) is 9.78 Å². The van der Waals surface area contributed by atoms with E-state index in [1.54, 1.807) is 6.92 Å². The van der Waals surface area contributed by atoms with E-state index < -0.39 is 16.3 Å². The summed E-state index contributed by atoms with van der Waals surface area (Å²) in [5.41, 5.74) is 0.527. The summed E-state index contributed by atoms with van der Waals surface area (Å²) in [6.45, 7) is 1.78. The molecule has 3 rings (SSSR count). The molecule has 0 spiro atoms. The summed E-state index contributed by atoms with van der Waals surface area (Å²) in [5, 5.41) is 18.0. The van der Waals surface area contributed by atoms with Crippen molar-refractivity contribution in [3.05, 3.63) is 90.6 Å². The summed E-state index contributed by atoms with van der Waals surface area (Å²) < 4.78 is 14.2. The molecule has 10 heteroatoms. The number of halogens is 3. The standard InChI is InChI=1S/C18H13Cl2FN4O3/c1-10(14-7-2-11(21)8-15(14)19)23-16-9-22-24(18(26)17(16)20)12-3-5-13(6-4-12)25(27)28/h2-10,23H,1H3. The molecule has 0 aliphatic rings. The summed E-state index contributed by atoms with van der Waals surface area (Å²) in [4.78, 5) is 22.8. The smallest absolute Gasteiger partial charge is 0.292 e. The second-order valence-electron chi connectivity index (χ2n) is 5.89. The van der Waals surface area contributed by atoms with Gasteiger partial charge < -0.3 is 5.32 Å². The zero-order valence-electron chi connectivity index (χ0n) is 14.4. The Morgan fingerprint density at radius 2 is 1.89 bits per heavy atom. The van der Waals surface area contributed by atoms with Gasteiger partial charge in [0.2, 0.25) is 0 Å². The molecule has 3 aromatic rings. The van der Waals surface area contributed by atoms with Crippen molar-refractivity contribution in [2.24, 2.45) is 0 Å². The van der Waals surface area contributed by atoms with Gasteiger partial charge in [0.15, 0.2) is 0 Å². The topological polar surface area (TPSA) is 90.1 Å². The first kappa shape index (κ1) is 19.8. The van der Waals surface area contributed by atoms with Crippen molar-refractivity contribution in [3.63, 3.8) is 0 Å². The Morgan fingerprint density at radius 1 is 1.21 bits per heavy atom. The zero-order valence-corrected chi connectivity index (χ0v) is 15.9. The van der Waals surface area contributed by atoms with Crippen molar-refractivity contribution < 1.29 is 9.31 Å². The third-order valence-corrected chi connectivity index (χ3v) is 4.72. The predicted octanol–water partition coefficient (Wildman–Crippen LogP) is 4.76. The fourth-order valence-corrected chi connectivity index (χ4v) is 3.11. The Hall–Kier alpha value is -2.97. The number of rotatable bonds is 5. The summed E-state index contributed by atoms with van der Waals surface area (Å²) >= 11 is 12.2. The summed E-state index contributed by atoms with van der Waals surface area (Å²) in [5.74, 6) is -0.452. The maximum atomic E-state index is 13.2. The van der Waals surface area contributed by atoms with E-state index in [4.69, 9.17) is 23.2 Å². The van der Waals surface area contributed by atoms with E-state index in [0.29, 0.717) is 11.3 Å². The van der Waals surface area contributed by atoms with Crippen LogP contribution in [0.1, 0.15) is 18.5 Å². The third-order valence-electron chi connectivity index (χ3n) is 4.03. The van der Waals surface area contributed by atoms with E-state index in [1.165, 1.54) is 48.7 Å². The number of nitro benzene ring substituents is 1. The molecule has 0 saturated carbocycles. The quantitative estimate of drug-likeness (QED) is 0.472. The van der Waals surface area contributed by atoms with Crippen LogP contribution in [-0.2, 0) is 0 Å². The number of nitro groups is 1. The first-order valence-corrected chi connectivity index (χ1v) is 8.77. The van der Waals surface area contributed by atoms with Crippen molar-refractivity contribution in [3.8, 4) is 5.69 Å². The van der Waals surface area contributed by atoms with Gasteiger partial charge in [-0.25, -0.2) is 4.39 Å². The van der Waals surface area contributed by atoms with Crippen molar-refractivity contribution in [2.75, 3.05) is 5.32 Å². The van der Waals surface area contributed by atoms with Crippen molar-refractivity contribution >= 4 is 34.6 Å². The molecule has 0 saturated heterocycles. The molecule has 144 valence electrons. The van der Waals surface area contributed by atoms with Crippen molar-refractivity contribution in [1.29, 1.82) is 0 Å². The highest BCUT2D eigenvalue weighted by Crippen LogP contribution is 2.28. The second-order valence-corrected chi connectivity index (χ2v) is 6.68. The molecule has 1 N–H and O–H groups in total.